The van der Waals surface area contributed by atoms with Gasteiger partial charge in [0.2, 0.25) is 0 Å². The van der Waals surface area contributed by atoms with Crippen molar-refractivity contribution in [2.45, 2.75) is 13.2 Å². The summed E-state index contributed by atoms with van der Waals surface area (Å²) < 4.78 is 12.9. The lowest BCUT2D eigenvalue weighted by molar-refractivity contribution is 0.306. The molecule has 8 nitrogen and oxygen atoms in total. The number of rotatable bonds is 8. The van der Waals surface area contributed by atoms with Gasteiger partial charge in [-0.25, -0.2) is 14.6 Å². The van der Waals surface area contributed by atoms with Crippen LogP contribution in [-0.4, -0.2) is 32.1 Å². The fourth-order valence-corrected chi connectivity index (χ4v) is 3.43. The van der Waals surface area contributed by atoms with E-state index in [4.69, 9.17) is 9.47 Å². The number of nitrogens with one attached hydrogen (secondary N) is 1. The second-order valence-electron chi connectivity index (χ2n) is 7.42. The second kappa shape index (κ2) is 9.35. The Balaban J connectivity index is 1.33. The van der Waals surface area contributed by atoms with Crippen molar-refractivity contribution in [3.63, 3.8) is 0 Å². The molecule has 0 saturated heterocycles. The zero-order valence-electron chi connectivity index (χ0n) is 18.0. The van der Waals surface area contributed by atoms with E-state index in [2.05, 4.69) is 25.6 Å². The van der Waals surface area contributed by atoms with Crippen molar-refractivity contribution in [3.8, 4) is 11.5 Å². The van der Waals surface area contributed by atoms with E-state index in [1.165, 1.54) is 6.33 Å². The monoisotopic (exact) mass is 438 g/mol. The number of hydrogen-bond donors (Lipinski definition) is 1. The van der Waals surface area contributed by atoms with Crippen molar-refractivity contribution in [1.82, 2.24) is 25.0 Å². The lowest BCUT2D eigenvalue weighted by Crippen LogP contribution is -2.03. The molecule has 0 saturated carbocycles. The van der Waals surface area contributed by atoms with Gasteiger partial charge in [-0.1, -0.05) is 53.7 Å². The first kappa shape index (κ1) is 20.4. The summed E-state index contributed by atoms with van der Waals surface area (Å²) in [6.07, 6.45) is 1.51. The molecule has 164 valence electrons. The van der Waals surface area contributed by atoms with Gasteiger partial charge in [-0.15, -0.1) is 5.10 Å². The summed E-state index contributed by atoms with van der Waals surface area (Å²) in [5, 5.41) is 11.9. The molecule has 0 bridgehead atoms. The second-order valence-corrected chi connectivity index (χ2v) is 7.42. The van der Waals surface area contributed by atoms with Crippen LogP contribution in [0.1, 0.15) is 11.1 Å². The Morgan fingerprint density at radius 3 is 2.52 bits per heavy atom. The molecule has 3 aromatic carbocycles. The molecule has 0 amide bonds. The van der Waals surface area contributed by atoms with E-state index < -0.39 is 0 Å². The highest BCUT2D eigenvalue weighted by molar-refractivity contribution is 5.84. The van der Waals surface area contributed by atoms with Crippen molar-refractivity contribution in [2.24, 2.45) is 0 Å². The van der Waals surface area contributed by atoms with E-state index >= 15 is 0 Å². The van der Waals surface area contributed by atoms with Gasteiger partial charge in [-0.3, -0.25) is 0 Å². The van der Waals surface area contributed by atoms with Gasteiger partial charge in [0.15, 0.2) is 17.0 Å². The third kappa shape index (κ3) is 4.74. The Kier molecular flexibility index (Phi) is 5.79. The SMILES string of the molecule is COc1ccc(Cn2nnc3c(Nc4cccc(OCc5ccccc5)c4)ncnc32)cc1. The van der Waals surface area contributed by atoms with Gasteiger partial charge in [-0.05, 0) is 35.4 Å². The van der Waals surface area contributed by atoms with E-state index in [1.807, 2.05) is 78.9 Å². The highest BCUT2D eigenvalue weighted by Gasteiger charge is 2.13. The van der Waals surface area contributed by atoms with Crippen LogP contribution in [-0.2, 0) is 13.2 Å². The lowest BCUT2D eigenvalue weighted by Gasteiger charge is -2.10. The molecule has 5 rings (SSSR count). The van der Waals surface area contributed by atoms with Gasteiger partial charge in [0.25, 0.3) is 0 Å². The van der Waals surface area contributed by atoms with Crippen LogP contribution in [0.3, 0.4) is 0 Å². The number of methoxy groups -OCH3 is 1. The molecule has 0 spiro atoms. The summed E-state index contributed by atoms with van der Waals surface area (Å²) in [6, 6.07) is 25.6. The lowest BCUT2D eigenvalue weighted by atomic mass is 10.2. The number of hydrogen-bond acceptors (Lipinski definition) is 7. The van der Waals surface area contributed by atoms with Gasteiger partial charge in [0.05, 0.1) is 13.7 Å². The quantitative estimate of drug-likeness (QED) is 0.379. The smallest absolute Gasteiger partial charge is 0.184 e. The first-order chi connectivity index (χ1) is 16.3. The highest BCUT2D eigenvalue weighted by atomic mass is 16.5. The predicted molar refractivity (Wildman–Crippen MR) is 126 cm³/mol. The van der Waals surface area contributed by atoms with Gasteiger partial charge < -0.3 is 14.8 Å². The molecule has 5 aromatic rings. The first-order valence-electron chi connectivity index (χ1n) is 10.5. The molecule has 0 aliphatic carbocycles. The van der Waals surface area contributed by atoms with E-state index in [0.717, 1.165) is 28.3 Å². The van der Waals surface area contributed by atoms with Crippen molar-refractivity contribution < 1.29 is 9.47 Å². The Bertz CT molecular complexity index is 1350. The summed E-state index contributed by atoms with van der Waals surface area (Å²) in [5.74, 6) is 2.16. The minimum atomic E-state index is 0.502. The number of anilines is 2. The number of aromatic nitrogens is 5. The van der Waals surface area contributed by atoms with Crippen molar-refractivity contribution >= 4 is 22.7 Å². The Morgan fingerprint density at radius 1 is 0.848 bits per heavy atom. The molecule has 2 aromatic heterocycles. The molecule has 1 N–H and O–H groups in total. The zero-order chi connectivity index (χ0) is 22.5. The van der Waals surface area contributed by atoms with Crippen LogP contribution in [0.2, 0.25) is 0 Å². The Morgan fingerprint density at radius 2 is 1.70 bits per heavy atom. The van der Waals surface area contributed by atoms with Crippen LogP contribution in [0.4, 0.5) is 11.5 Å². The van der Waals surface area contributed by atoms with E-state index in [9.17, 15) is 0 Å². The molecule has 2 heterocycles. The van der Waals surface area contributed by atoms with Crippen molar-refractivity contribution in [2.75, 3.05) is 12.4 Å². The molecule has 0 aliphatic rings. The average Bonchev–Trinajstić information content (AvgIpc) is 3.28. The molecular formula is C25H22N6O2. The van der Waals surface area contributed by atoms with Crippen LogP contribution in [0, 0.1) is 0 Å². The number of fused-ring (bicyclic) bond motifs is 1. The van der Waals surface area contributed by atoms with Gasteiger partial charge >= 0.3 is 0 Å². The molecule has 0 radical (unpaired) electrons. The highest BCUT2D eigenvalue weighted by Crippen LogP contribution is 2.25. The van der Waals surface area contributed by atoms with Gasteiger partial charge in [-0.2, -0.15) is 0 Å². The predicted octanol–water partition coefficient (Wildman–Crippen LogP) is 4.60. The molecule has 0 unspecified atom stereocenters. The minimum absolute atomic E-state index is 0.502. The van der Waals surface area contributed by atoms with Crippen LogP contribution in [0.25, 0.3) is 11.2 Å². The Hall–Kier alpha value is -4.46. The normalized spacial score (nSPS) is 10.8. The molecule has 0 aliphatic heterocycles. The van der Waals surface area contributed by atoms with Crippen LogP contribution in [0.5, 0.6) is 11.5 Å². The van der Waals surface area contributed by atoms with E-state index in [1.54, 1.807) is 11.8 Å². The maximum Gasteiger partial charge on any atom is 0.184 e. The molecule has 8 heteroatoms. The molecule has 0 atom stereocenters. The van der Waals surface area contributed by atoms with Crippen LogP contribution < -0.4 is 14.8 Å². The average molecular weight is 438 g/mol. The summed E-state index contributed by atoms with van der Waals surface area (Å²) in [6.45, 7) is 1.04. The molecule has 33 heavy (non-hydrogen) atoms. The number of nitrogens with zero attached hydrogens (tertiary/aromatic N) is 5. The van der Waals surface area contributed by atoms with E-state index in [-0.39, 0.29) is 0 Å². The Labute approximate surface area is 190 Å². The standard InChI is InChI=1S/C25H22N6O2/c1-32-21-12-10-18(11-13-21)15-31-25-23(29-30-31)24(26-17-27-25)28-20-8-5-9-22(14-20)33-16-19-6-3-2-4-7-19/h2-14,17H,15-16H2,1H3,(H,26,27,28). The number of benzene rings is 3. The third-order valence-electron chi connectivity index (χ3n) is 5.14. The third-order valence-corrected chi connectivity index (χ3v) is 5.14. The van der Waals surface area contributed by atoms with Crippen molar-refractivity contribution in [3.05, 3.63) is 96.3 Å². The van der Waals surface area contributed by atoms with Crippen molar-refractivity contribution in [1.29, 1.82) is 0 Å². The van der Waals surface area contributed by atoms with E-state index in [0.29, 0.717) is 30.1 Å². The summed E-state index contributed by atoms with van der Waals surface area (Å²) >= 11 is 0. The maximum atomic E-state index is 5.93. The fraction of sp³-hybridized carbons (Fsp3) is 0.120. The topological polar surface area (TPSA) is 87.0 Å². The fourth-order valence-electron chi connectivity index (χ4n) is 3.43. The van der Waals surface area contributed by atoms with Crippen LogP contribution in [0.15, 0.2) is 85.2 Å². The largest absolute Gasteiger partial charge is 0.497 e. The zero-order valence-corrected chi connectivity index (χ0v) is 18.0. The van der Waals surface area contributed by atoms with Gasteiger partial charge in [0.1, 0.15) is 24.4 Å². The van der Waals surface area contributed by atoms with Gasteiger partial charge in [0, 0.05) is 11.8 Å². The summed E-state index contributed by atoms with van der Waals surface area (Å²) in [5.41, 5.74) is 4.27. The summed E-state index contributed by atoms with van der Waals surface area (Å²) in [4.78, 5) is 8.76. The number of ether oxygens (including phenoxy) is 2. The van der Waals surface area contributed by atoms with Crippen LogP contribution >= 0.6 is 0 Å². The first-order valence-corrected chi connectivity index (χ1v) is 10.5. The molecular weight excluding hydrogens is 416 g/mol. The minimum Gasteiger partial charge on any atom is -0.497 e. The molecule has 0 fully saturated rings. The summed E-state index contributed by atoms with van der Waals surface area (Å²) in [7, 11) is 1.65. The maximum absolute atomic E-state index is 5.93.